The van der Waals surface area contributed by atoms with Gasteiger partial charge in [-0.25, -0.2) is 4.79 Å². The molecule has 0 atom stereocenters. The van der Waals surface area contributed by atoms with Crippen molar-refractivity contribution in [1.82, 2.24) is 0 Å². The zero-order chi connectivity index (χ0) is 14.9. The Morgan fingerprint density at radius 3 is 2.40 bits per heavy atom. The second-order valence-corrected chi connectivity index (χ2v) is 5.59. The lowest BCUT2D eigenvalue weighted by Crippen LogP contribution is -2.48. The first kappa shape index (κ1) is 14.5. The molecule has 0 unspecified atom stereocenters. The summed E-state index contributed by atoms with van der Waals surface area (Å²) in [4.78, 5) is 23.4. The van der Waals surface area contributed by atoms with Crippen LogP contribution in [-0.2, 0) is 4.79 Å². The van der Waals surface area contributed by atoms with Crippen LogP contribution in [0.4, 0.5) is 5.69 Å². The molecular formula is C15H20N2O3. The van der Waals surface area contributed by atoms with Crippen LogP contribution in [0.2, 0.25) is 0 Å². The van der Waals surface area contributed by atoms with Gasteiger partial charge in [-0.15, -0.1) is 0 Å². The first-order chi connectivity index (χ1) is 9.33. The van der Waals surface area contributed by atoms with E-state index in [1.165, 1.54) is 6.07 Å². The number of aryl methyl sites for hydroxylation is 1. The van der Waals surface area contributed by atoms with E-state index in [-0.39, 0.29) is 11.5 Å². The topological polar surface area (TPSA) is 92.4 Å². The minimum absolute atomic E-state index is 0.206. The maximum atomic E-state index is 12.2. The summed E-state index contributed by atoms with van der Waals surface area (Å²) in [6, 6.07) is 3.26. The van der Waals surface area contributed by atoms with E-state index >= 15 is 0 Å². The molecular weight excluding hydrogens is 256 g/mol. The van der Waals surface area contributed by atoms with E-state index in [0.717, 1.165) is 18.4 Å². The zero-order valence-corrected chi connectivity index (χ0v) is 11.8. The van der Waals surface area contributed by atoms with Gasteiger partial charge >= 0.3 is 5.97 Å². The minimum atomic E-state index is -0.995. The Morgan fingerprint density at radius 2 is 1.85 bits per heavy atom. The van der Waals surface area contributed by atoms with Crippen molar-refractivity contribution in [3.8, 4) is 0 Å². The molecule has 2 rings (SSSR count). The summed E-state index contributed by atoms with van der Waals surface area (Å²) in [6.07, 6.45) is 3.26. The van der Waals surface area contributed by atoms with Crippen LogP contribution in [0.15, 0.2) is 12.1 Å². The predicted octanol–water partition coefficient (Wildman–Crippen LogP) is 2.21. The van der Waals surface area contributed by atoms with Crippen LogP contribution in [0.5, 0.6) is 0 Å². The number of amides is 1. The van der Waals surface area contributed by atoms with E-state index in [1.807, 2.05) is 6.92 Å². The molecule has 1 saturated carbocycles. The van der Waals surface area contributed by atoms with Crippen LogP contribution in [0.1, 0.15) is 47.2 Å². The molecule has 108 valence electrons. The lowest BCUT2D eigenvalue weighted by molar-refractivity contribution is -0.121. The molecule has 1 aromatic carbocycles. The highest BCUT2D eigenvalue weighted by Crippen LogP contribution is 2.29. The minimum Gasteiger partial charge on any atom is -0.478 e. The zero-order valence-electron chi connectivity index (χ0n) is 11.8. The van der Waals surface area contributed by atoms with Crippen LogP contribution in [0.3, 0.4) is 0 Å². The number of carbonyl (C=O) groups excluding carboxylic acids is 1. The maximum Gasteiger partial charge on any atom is 0.336 e. The number of rotatable bonds is 3. The highest BCUT2D eigenvalue weighted by atomic mass is 16.4. The molecule has 0 aromatic heterocycles. The molecule has 0 spiro atoms. The van der Waals surface area contributed by atoms with Crippen molar-refractivity contribution < 1.29 is 14.7 Å². The van der Waals surface area contributed by atoms with Crippen molar-refractivity contribution in [2.24, 2.45) is 5.73 Å². The molecule has 1 fully saturated rings. The standard InChI is InChI=1S/C15H20N2O3/c1-9-7-11(8-12(10(9)2)13(18)19)17-14(20)15(16)5-3-4-6-15/h7-8H,3-6,16H2,1-2H3,(H,17,20)(H,18,19). The smallest absolute Gasteiger partial charge is 0.336 e. The molecule has 1 aliphatic carbocycles. The van der Waals surface area contributed by atoms with Crippen molar-refractivity contribution in [2.75, 3.05) is 5.32 Å². The Labute approximate surface area is 118 Å². The van der Waals surface area contributed by atoms with E-state index < -0.39 is 11.5 Å². The fraction of sp³-hybridized carbons (Fsp3) is 0.467. The SMILES string of the molecule is Cc1cc(NC(=O)C2(N)CCCC2)cc(C(=O)O)c1C. The van der Waals surface area contributed by atoms with Crippen LogP contribution < -0.4 is 11.1 Å². The van der Waals surface area contributed by atoms with Crippen molar-refractivity contribution in [3.63, 3.8) is 0 Å². The van der Waals surface area contributed by atoms with Gasteiger partial charge in [0.25, 0.3) is 0 Å². The molecule has 1 amide bonds. The van der Waals surface area contributed by atoms with E-state index in [1.54, 1.807) is 13.0 Å². The quantitative estimate of drug-likeness (QED) is 0.789. The molecule has 0 saturated heterocycles. The van der Waals surface area contributed by atoms with Gasteiger partial charge < -0.3 is 16.2 Å². The summed E-state index contributed by atoms with van der Waals surface area (Å²) in [6.45, 7) is 3.58. The molecule has 5 nitrogen and oxygen atoms in total. The number of nitrogens with two attached hydrogens (primary N) is 1. The van der Waals surface area contributed by atoms with Gasteiger partial charge in [-0.05, 0) is 49.9 Å². The van der Waals surface area contributed by atoms with E-state index in [4.69, 9.17) is 5.73 Å². The fourth-order valence-corrected chi connectivity index (χ4v) is 2.64. The Bertz CT molecular complexity index is 560. The monoisotopic (exact) mass is 276 g/mol. The third kappa shape index (κ3) is 2.67. The number of carbonyl (C=O) groups is 2. The number of hydrogen-bond donors (Lipinski definition) is 3. The van der Waals surface area contributed by atoms with E-state index in [9.17, 15) is 14.7 Å². The average Bonchev–Trinajstić information content (AvgIpc) is 2.81. The Balaban J connectivity index is 2.26. The van der Waals surface area contributed by atoms with Crippen molar-refractivity contribution in [3.05, 3.63) is 28.8 Å². The molecule has 4 N–H and O–H groups in total. The van der Waals surface area contributed by atoms with Crippen LogP contribution >= 0.6 is 0 Å². The number of hydrogen-bond acceptors (Lipinski definition) is 3. The summed E-state index contributed by atoms with van der Waals surface area (Å²) in [5, 5.41) is 11.9. The number of anilines is 1. The summed E-state index contributed by atoms with van der Waals surface area (Å²) in [7, 11) is 0. The van der Waals surface area contributed by atoms with Crippen molar-refractivity contribution >= 4 is 17.6 Å². The summed E-state index contributed by atoms with van der Waals surface area (Å²) >= 11 is 0. The first-order valence-corrected chi connectivity index (χ1v) is 6.78. The Morgan fingerprint density at radius 1 is 1.25 bits per heavy atom. The molecule has 0 bridgehead atoms. The Hall–Kier alpha value is -1.88. The normalized spacial score (nSPS) is 16.9. The van der Waals surface area contributed by atoms with Crippen LogP contribution in [0, 0.1) is 13.8 Å². The highest BCUT2D eigenvalue weighted by molar-refractivity contribution is 5.99. The molecule has 0 radical (unpaired) electrons. The molecule has 1 aliphatic rings. The largest absolute Gasteiger partial charge is 0.478 e. The third-order valence-corrected chi connectivity index (χ3v) is 4.10. The molecule has 0 heterocycles. The molecule has 5 heteroatoms. The van der Waals surface area contributed by atoms with Gasteiger partial charge in [-0.1, -0.05) is 12.8 Å². The number of nitrogens with one attached hydrogen (secondary N) is 1. The van der Waals surface area contributed by atoms with Gasteiger partial charge in [0.1, 0.15) is 0 Å². The summed E-state index contributed by atoms with van der Waals surface area (Å²) < 4.78 is 0. The Kier molecular flexibility index (Phi) is 3.81. The van der Waals surface area contributed by atoms with E-state index in [0.29, 0.717) is 24.1 Å². The lowest BCUT2D eigenvalue weighted by atomic mass is 9.97. The third-order valence-electron chi connectivity index (χ3n) is 4.10. The van der Waals surface area contributed by atoms with Gasteiger partial charge in [-0.2, -0.15) is 0 Å². The predicted molar refractivity (Wildman–Crippen MR) is 76.9 cm³/mol. The van der Waals surface area contributed by atoms with Gasteiger partial charge in [0.2, 0.25) is 5.91 Å². The molecule has 1 aromatic rings. The average molecular weight is 276 g/mol. The van der Waals surface area contributed by atoms with Crippen LogP contribution in [-0.4, -0.2) is 22.5 Å². The van der Waals surface area contributed by atoms with Gasteiger partial charge in [0, 0.05) is 5.69 Å². The van der Waals surface area contributed by atoms with Crippen LogP contribution in [0.25, 0.3) is 0 Å². The number of benzene rings is 1. The second-order valence-electron chi connectivity index (χ2n) is 5.59. The van der Waals surface area contributed by atoms with Gasteiger partial charge in [0.15, 0.2) is 0 Å². The number of aromatic carboxylic acids is 1. The summed E-state index contributed by atoms with van der Waals surface area (Å²) in [5.74, 6) is -1.22. The first-order valence-electron chi connectivity index (χ1n) is 6.78. The summed E-state index contributed by atoms with van der Waals surface area (Å²) in [5.41, 5.74) is 7.51. The lowest BCUT2D eigenvalue weighted by Gasteiger charge is -2.22. The van der Waals surface area contributed by atoms with E-state index in [2.05, 4.69) is 5.32 Å². The van der Waals surface area contributed by atoms with Gasteiger partial charge in [-0.3, -0.25) is 4.79 Å². The van der Waals surface area contributed by atoms with Crippen molar-refractivity contribution in [2.45, 2.75) is 45.1 Å². The molecule has 20 heavy (non-hydrogen) atoms. The van der Waals surface area contributed by atoms with Crippen molar-refractivity contribution in [1.29, 1.82) is 0 Å². The molecule has 0 aliphatic heterocycles. The van der Waals surface area contributed by atoms with Gasteiger partial charge in [0.05, 0.1) is 11.1 Å². The second kappa shape index (κ2) is 5.25. The fourth-order valence-electron chi connectivity index (χ4n) is 2.64. The maximum absolute atomic E-state index is 12.2. The number of carboxylic acid groups (broad SMARTS) is 1. The number of carboxylic acids is 1. The highest BCUT2D eigenvalue weighted by Gasteiger charge is 2.37.